The number of hydrogen-bond donors (Lipinski definition) is 1. The van der Waals surface area contributed by atoms with Crippen molar-refractivity contribution in [2.45, 2.75) is 64.3 Å². The number of amides is 1. The van der Waals surface area contributed by atoms with Crippen molar-refractivity contribution in [2.24, 2.45) is 5.41 Å². The zero-order valence-electron chi connectivity index (χ0n) is 27.7. The fourth-order valence-corrected chi connectivity index (χ4v) is 8.88. The van der Waals surface area contributed by atoms with Gasteiger partial charge in [0, 0.05) is 73.1 Å². The second kappa shape index (κ2) is 13.4. The number of carbonyl (C=O) groups is 1. The van der Waals surface area contributed by atoms with Crippen LogP contribution in [0.25, 0.3) is 21.1 Å². The molecule has 13 heteroatoms. The second-order valence-electron chi connectivity index (χ2n) is 14.0. The first kappa shape index (κ1) is 33.5. The zero-order valence-corrected chi connectivity index (χ0v) is 28.5. The summed E-state index contributed by atoms with van der Waals surface area (Å²) in [6.07, 6.45) is 1.57. The van der Waals surface area contributed by atoms with Crippen molar-refractivity contribution in [3.63, 3.8) is 0 Å². The molecule has 0 aliphatic carbocycles. The van der Waals surface area contributed by atoms with Crippen LogP contribution in [0.4, 0.5) is 19.0 Å². The van der Waals surface area contributed by atoms with Crippen LogP contribution in [0.2, 0.25) is 0 Å². The molecule has 3 fully saturated rings. The molecule has 3 saturated heterocycles. The van der Waals surface area contributed by atoms with Crippen molar-refractivity contribution in [3.05, 3.63) is 64.9 Å². The minimum Gasteiger partial charge on any atom is -0.367 e. The Morgan fingerprint density at radius 3 is 2.55 bits per heavy atom. The summed E-state index contributed by atoms with van der Waals surface area (Å²) in [5.74, 6) is 0.628. The van der Waals surface area contributed by atoms with Crippen LogP contribution in [0.1, 0.15) is 47.4 Å². The van der Waals surface area contributed by atoms with E-state index in [1.54, 1.807) is 6.07 Å². The van der Waals surface area contributed by atoms with Crippen molar-refractivity contribution in [2.75, 3.05) is 51.1 Å². The van der Waals surface area contributed by atoms with Gasteiger partial charge in [-0.05, 0) is 81.1 Å². The average Bonchev–Trinajstić information content (AvgIpc) is 3.65. The number of nitrogens with one attached hydrogen (secondary N) is 1. The fraction of sp³-hybridized carbons (Fsp3) is 0.500. The van der Waals surface area contributed by atoms with Crippen LogP contribution < -0.4 is 5.32 Å². The molecule has 4 aromatic rings. The second-order valence-corrected chi connectivity index (χ2v) is 15.1. The Morgan fingerprint density at radius 1 is 1.10 bits per heavy atom. The average molecular weight is 691 g/mol. The molecule has 1 amide bonds. The first-order valence-corrected chi connectivity index (χ1v) is 17.8. The molecule has 7 rings (SSSR count). The van der Waals surface area contributed by atoms with E-state index in [-0.39, 0.29) is 22.2 Å². The first-order chi connectivity index (χ1) is 23.5. The molecule has 3 aliphatic heterocycles. The number of likely N-dealkylation sites (tertiary alicyclic amines) is 3. The Labute approximate surface area is 288 Å². The van der Waals surface area contributed by atoms with E-state index in [0.29, 0.717) is 21.7 Å². The van der Waals surface area contributed by atoms with E-state index in [0.717, 1.165) is 107 Å². The van der Waals surface area contributed by atoms with Crippen LogP contribution in [0, 0.1) is 23.7 Å². The molecule has 258 valence electrons. The van der Waals surface area contributed by atoms with E-state index in [1.165, 1.54) is 23.5 Å². The van der Waals surface area contributed by atoms with Crippen LogP contribution in [0.5, 0.6) is 0 Å². The van der Waals surface area contributed by atoms with Gasteiger partial charge in [-0.3, -0.25) is 9.69 Å². The summed E-state index contributed by atoms with van der Waals surface area (Å²) >= 11 is 1.07. The van der Waals surface area contributed by atoms with E-state index in [9.17, 15) is 23.2 Å². The van der Waals surface area contributed by atoms with Crippen molar-refractivity contribution >= 4 is 44.2 Å². The number of alkyl halides is 3. The maximum atomic E-state index is 13.0. The highest BCUT2D eigenvalue weighted by Crippen LogP contribution is 2.40. The quantitative estimate of drug-likeness (QED) is 0.212. The summed E-state index contributed by atoms with van der Waals surface area (Å²) in [6.45, 7) is 13.7. The molecule has 0 radical (unpaired) electrons. The smallest absolute Gasteiger partial charge is 0.367 e. The summed E-state index contributed by atoms with van der Waals surface area (Å²) in [5, 5.41) is 15.3. The lowest BCUT2D eigenvalue weighted by atomic mass is 9.72. The number of rotatable bonds is 9. The van der Waals surface area contributed by atoms with Crippen LogP contribution in [-0.2, 0) is 24.3 Å². The number of hydrogen-bond acceptors (Lipinski definition) is 8. The minimum absolute atomic E-state index is 0.0276. The van der Waals surface area contributed by atoms with Gasteiger partial charge in [0.2, 0.25) is 5.91 Å². The number of aromatic nitrogens is 3. The predicted molar refractivity (Wildman–Crippen MR) is 185 cm³/mol. The molecule has 49 heavy (non-hydrogen) atoms. The number of halogens is 3. The Bertz CT molecular complexity index is 1900. The molecule has 1 spiro atoms. The number of thiophene rings is 1. The van der Waals surface area contributed by atoms with E-state index in [2.05, 4.69) is 61.4 Å². The van der Waals surface area contributed by atoms with Gasteiger partial charge in [-0.25, -0.2) is 9.97 Å². The summed E-state index contributed by atoms with van der Waals surface area (Å²) in [5.41, 5.74) is 4.48. The molecule has 0 unspecified atom stereocenters. The summed E-state index contributed by atoms with van der Waals surface area (Å²) < 4.78 is 41.0. The van der Waals surface area contributed by atoms with Gasteiger partial charge in [-0.2, -0.15) is 18.4 Å². The van der Waals surface area contributed by atoms with E-state index < -0.39 is 12.6 Å². The SMILES string of the molecule is C=CC(=O)N1CC2(CCN(CCn3c(C#N)cc4c(C)c(CN5CCC(Nc6ncnc7sc(CC(F)(F)F)cc67)CC5)ccc43)CC2)C1. The van der Waals surface area contributed by atoms with Crippen molar-refractivity contribution in [1.29, 1.82) is 5.26 Å². The molecule has 0 bridgehead atoms. The molecule has 1 aromatic carbocycles. The number of benzene rings is 1. The van der Waals surface area contributed by atoms with Gasteiger partial charge < -0.3 is 19.7 Å². The Balaban J connectivity index is 0.940. The molecule has 0 atom stereocenters. The van der Waals surface area contributed by atoms with Gasteiger partial charge in [-0.1, -0.05) is 12.6 Å². The normalized spacial score (nSPS) is 19.0. The van der Waals surface area contributed by atoms with Crippen molar-refractivity contribution in [3.8, 4) is 6.07 Å². The Morgan fingerprint density at radius 2 is 1.86 bits per heavy atom. The number of nitriles is 1. The predicted octanol–water partition coefficient (Wildman–Crippen LogP) is 6.12. The lowest BCUT2D eigenvalue weighted by Crippen LogP contribution is -2.61. The molecule has 3 aliphatic rings. The highest BCUT2D eigenvalue weighted by atomic mass is 32.1. The fourth-order valence-electron chi connectivity index (χ4n) is 7.86. The number of piperidine rings is 2. The van der Waals surface area contributed by atoms with Gasteiger partial charge >= 0.3 is 6.18 Å². The number of aryl methyl sites for hydroxylation is 1. The minimum atomic E-state index is -4.26. The van der Waals surface area contributed by atoms with E-state index in [1.807, 2.05) is 11.0 Å². The summed E-state index contributed by atoms with van der Waals surface area (Å²) in [4.78, 5) is 28.1. The van der Waals surface area contributed by atoms with Crippen LogP contribution in [-0.4, -0.2) is 93.2 Å². The van der Waals surface area contributed by atoms with Crippen LogP contribution in [0.15, 0.2) is 43.2 Å². The van der Waals surface area contributed by atoms with Gasteiger partial charge in [0.15, 0.2) is 0 Å². The number of fused-ring (bicyclic) bond motifs is 2. The Hall–Kier alpha value is -3.99. The van der Waals surface area contributed by atoms with E-state index >= 15 is 0 Å². The van der Waals surface area contributed by atoms with Crippen LogP contribution in [0.3, 0.4) is 0 Å². The third kappa shape index (κ3) is 7.04. The van der Waals surface area contributed by atoms with E-state index in [4.69, 9.17) is 0 Å². The molecular formula is C36H41F3N8OS. The lowest BCUT2D eigenvalue weighted by molar-refractivity contribution is -0.141. The molecule has 0 saturated carbocycles. The first-order valence-electron chi connectivity index (χ1n) is 17.0. The monoisotopic (exact) mass is 690 g/mol. The third-order valence-corrected chi connectivity index (χ3v) is 11.8. The molecule has 6 heterocycles. The van der Waals surface area contributed by atoms with Crippen molar-refractivity contribution in [1.82, 2.24) is 29.2 Å². The van der Waals surface area contributed by atoms with Gasteiger partial charge in [-0.15, -0.1) is 11.3 Å². The molecule has 1 N–H and O–H groups in total. The maximum absolute atomic E-state index is 13.0. The number of anilines is 1. The molecular weight excluding hydrogens is 650 g/mol. The van der Waals surface area contributed by atoms with Gasteiger partial charge in [0.05, 0.1) is 11.8 Å². The number of nitrogens with zero attached hydrogens (tertiary/aromatic N) is 7. The van der Waals surface area contributed by atoms with Crippen LogP contribution >= 0.6 is 11.3 Å². The largest absolute Gasteiger partial charge is 0.393 e. The molecule has 9 nitrogen and oxygen atoms in total. The van der Waals surface area contributed by atoms with Gasteiger partial charge in [0.25, 0.3) is 0 Å². The summed E-state index contributed by atoms with van der Waals surface area (Å²) in [7, 11) is 0. The Kier molecular flexibility index (Phi) is 9.15. The van der Waals surface area contributed by atoms with Crippen molar-refractivity contribution < 1.29 is 18.0 Å². The standard InChI is InChI=1S/C36H41F3N8OS/c1-3-32(48)46-21-35(22-46)8-12-44(13-9-35)14-15-47-27(19-40)16-29-24(2)25(4-5-31(29)47)20-45-10-6-26(7-11-45)43-33-30-17-28(18-36(37,38)39)49-34(30)42-23-41-33/h3-5,16-17,23,26H,1,6-15,18,20-22H2,2H3,(H,41,42,43). The lowest BCUT2D eigenvalue weighted by Gasteiger charge is -2.53. The topological polar surface area (TPSA) is 93.3 Å². The highest BCUT2D eigenvalue weighted by molar-refractivity contribution is 7.18. The van der Waals surface area contributed by atoms with Gasteiger partial charge in [0.1, 0.15) is 28.7 Å². The zero-order chi connectivity index (χ0) is 34.3. The highest BCUT2D eigenvalue weighted by Gasteiger charge is 2.46. The molecule has 3 aromatic heterocycles. The third-order valence-electron chi connectivity index (χ3n) is 10.8. The summed E-state index contributed by atoms with van der Waals surface area (Å²) in [6, 6.07) is 10.5. The number of carbonyl (C=O) groups excluding carboxylic acids is 1. The maximum Gasteiger partial charge on any atom is 0.393 e.